The smallest absolute Gasteiger partial charge is 0.339 e. The summed E-state index contributed by atoms with van der Waals surface area (Å²) >= 11 is 0. The second-order valence-corrected chi connectivity index (χ2v) is 15.5. The average Bonchev–Trinajstić information content (AvgIpc) is 3.78. The zero-order valence-corrected chi connectivity index (χ0v) is 30.5. The first-order valence-electron chi connectivity index (χ1n) is 17.9. The number of ketones is 1. The minimum Gasteiger partial charge on any atom is -0.461 e. The van der Waals surface area contributed by atoms with Crippen molar-refractivity contribution >= 4 is 35.6 Å². The van der Waals surface area contributed by atoms with Crippen molar-refractivity contribution < 1.29 is 57.6 Å². The zero-order chi connectivity index (χ0) is 37.7. The lowest BCUT2D eigenvalue weighted by Gasteiger charge is -2.41. The molecule has 0 unspecified atom stereocenters. The summed E-state index contributed by atoms with van der Waals surface area (Å²) in [6.45, 7) is 13.6. The van der Waals surface area contributed by atoms with Crippen molar-refractivity contribution in [3.05, 3.63) is 69.1 Å². The molecule has 0 saturated carbocycles. The number of carbonyl (C=O) groups is 6. The van der Waals surface area contributed by atoms with E-state index in [4.69, 9.17) is 23.7 Å². The standard InChI is InChI=1S/C40H44O12/c1-9-15(3)35(43)48-23-12-20(29-22(41)11-17(5)26(29)32-27(23)18(6)37(45)51-32)34(42)40(8)14-25-30-21(39(47)50-25)13-24(49-36(44)16(4)10-2)28-19(7)38(46)52-33(28)31(30)40/h9-11,14,18-19,23-24,26-28,31-34,42H,12-13H2,1-8H3/b15-9+,16-10+/t18-,19-,23-,24-,26+,27-,28-,31+,32-,33+,34+,40-/m1/s1. The third kappa shape index (κ3) is 5.11. The van der Waals surface area contributed by atoms with Gasteiger partial charge in [-0.3, -0.25) is 14.4 Å². The van der Waals surface area contributed by atoms with E-state index in [1.54, 1.807) is 73.6 Å². The largest absolute Gasteiger partial charge is 0.461 e. The topological polar surface area (TPSA) is 169 Å². The molecule has 12 heteroatoms. The maximum Gasteiger partial charge on any atom is 0.339 e. The first kappa shape index (κ1) is 35.8. The molecule has 276 valence electrons. The second-order valence-electron chi connectivity index (χ2n) is 15.5. The molecule has 0 bridgehead atoms. The van der Waals surface area contributed by atoms with E-state index in [9.17, 15) is 33.9 Å². The lowest BCUT2D eigenvalue weighted by molar-refractivity contribution is -0.151. The quantitative estimate of drug-likeness (QED) is 0.238. The molecular formula is C40H44O12. The SMILES string of the molecule is C/C=C(\C)C(=O)O[C@@H]1CC([C@H](O)[C@]2(C)C=C3OC(=O)C4=C3[C@H]2[C@H]2OC(=O)[C@H](C)[C@@H]2[C@H](OC(=O)/C(C)=C/C)C4)=C2C(=O)C=C(C)[C@@H]2[C@H]2OC(=O)[C@H](C)[C@@H]21. The summed E-state index contributed by atoms with van der Waals surface area (Å²) in [5.74, 6) is -7.12. The van der Waals surface area contributed by atoms with Crippen molar-refractivity contribution in [2.75, 3.05) is 0 Å². The fourth-order valence-electron chi connectivity index (χ4n) is 9.65. The van der Waals surface area contributed by atoms with Crippen LogP contribution >= 0.6 is 0 Å². The van der Waals surface area contributed by atoms with E-state index < -0.39 is 101 Å². The van der Waals surface area contributed by atoms with Gasteiger partial charge in [0.2, 0.25) is 0 Å². The molecule has 4 aliphatic carbocycles. The lowest BCUT2D eigenvalue weighted by Crippen LogP contribution is -2.47. The molecule has 0 aromatic rings. The number of fused-ring (bicyclic) bond motifs is 5. The molecule has 12 nitrogen and oxygen atoms in total. The van der Waals surface area contributed by atoms with Gasteiger partial charge in [0.25, 0.3) is 0 Å². The molecule has 3 aliphatic heterocycles. The number of hydrogen-bond acceptors (Lipinski definition) is 12. The van der Waals surface area contributed by atoms with Crippen molar-refractivity contribution in [2.45, 2.75) is 98.8 Å². The first-order valence-corrected chi connectivity index (χ1v) is 17.9. The fourth-order valence-corrected chi connectivity index (χ4v) is 9.65. The van der Waals surface area contributed by atoms with Crippen LogP contribution in [0, 0.1) is 40.9 Å². The highest BCUT2D eigenvalue weighted by Crippen LogP contribution is 2.61. The zero-order valence-electron chi connectivity index (χ0n) is 30.5. The summed E-state index contributed by atoms with van der Waals surface area (Å²) in [4.78, 5) is 80.1. The number of aliphatic hydroxyl groups excluding tert-OH is 1. The Morgan fingerprint density at radius 2 is 1.42 bits per heavy atom. The van der Waals surface area contributed by atoms with Crippen LogP contribution in [0.4, 0.5) is 0 Å². The fraction of sp³-hybridized carbons (Fsp3) is 0.550. The third-order valence-electron chi connectivity index (χ3n) is 12.7. The predicted octanol–water partition coefficient (Wildman–Crippen LogP) is 4.08. The number of rotatable bonds is 6. The number of carbonyl (C=O) groups excluding carboxylic acids is 6. The van der Waals surface area contributed by atoms with Gasteiger partial charge in [-0.25, -0.2) is 14.4 Å². The molecule has 7 rings (SSSR count). The molecule has 0 radical (unpaired) electrons. The first-order chi connectivity index (χ1) is 24.5. The van der Waals surface area contributed by atoms with Gasteiger partial charge in [0.15, 0.2) is 5.78 Å². The van der Waals surface area contributed by atoms with Crippen molar-refractivity contribution in [2.24, 2.45) is 40.9 Å². The molecule has 52 heavy (non-hydrogen) atoms. The molecular weight excluding hydrogens is 672 g/mol. The minimum atomic E-state index is -1.46. The second kappa shape index (κ2) is 12.5. The Hall–Kier alpha value is -4.58. The highest BCUT2D eigenvalue weighted by Gasteiger charge is 2.65. The average molecular weight is 717 g/mol. The Morgan fingerprint density at radius 1 is 0.885 bits per heavy atom. The molecule has 2 fully saturated rings. The van der Waals surface area contributed by atoms with Crippen LogP contribution in [0.2, 0.25) is 0 Å². The van der Waals surface area contributed by atoms with Crippen LogP contribution in [-0.4, -0.2) is 71.3 Å². The number of hydrogen-bond donors (Lipinski definition) is 1. The van der Waals surface area contributed by atoms with Gasteiger partial charge in [0.05, 0.1) is 17.9 Å². The third-order valence-corrected chi connectivity index (χ3v) is 12.7. The molecule has 3 heterocycles. The van der Waals surface area contributed by atoms with Crippen molar-refractivity contribution in [3.63, 3.8) is 0 Å². The van der Waals surface area contributed by atoms with Crippen LogP contribution in [0.15, 0.2) is 69.1 Å². The van der Waals surface area contributed by atoms with Gasteiger partial charge in [-0.2, -0.15) is 0 Å². The van der Waals surface area contributed by atoms with Crippen LogP contribution < -0.4 is 0 Å². The van der Waals surface area contributed by atoms with Crippen LogP contribution in [0.3, 0.4) is 0 Å². The van der Waals surface area contributed by atoms with Gasteiger partial charge in [-0.15, -0.1) is 0 Å². The normalized spacial score (nSPS) is 38.6. The van der Waals surface area contributed by atoms with E-state index in [-0.39, 0.29) is 35.5 Å². The van der Waals surface area contributed by atoms with Crippen LogP contribution in [0.25, 0.3) is 0 Å². The molecule has 0 aromatic heterocycles. The number of esters is 5. The lowest BCUT2D eigenvalue weighted by atomic mass is 9.65. The molecule has 7 aliphatic rings. The number of ether oxygens (including phenoxy) is 5. The van der Waals surface area contributed by atoms with Gasteiger partial charge in [0.1, 0.15) is 30.2 Å². The number of aliphatic hydroxyl groups is 1. The molecule has 0 aromatic carbocycles. The van der Waals surface area contributed by atoms with Crippen LogP contribution in [0.5, 0.6) is 0 Å². The highest BCUT2D eigenvalue weighted by atomic mass is 16.6. The van der Waals surface area contributed by atoms with Crippen molar-refractivity contribution in [1.29, 1.82) is 0 Å². The summed E-state index contributed by atoms with van der Waals surface area (Å²) < 4.78 is 29.9. The van der Waals surface area contributed by atoms with E-state index >= 15 is 0 Å². The summed E-state index contributed by atoms with van der Waals surface area (Å²) in [5, 5.41) is 12.9. The van der Waals surface area contributed by atoms with E-state index in [1.807, 2.05) is 0 Å². The molecule has 0 amide bonds. The molecule has 2 saturated heterocycles. The van der Waals surface area contributed by atoms with Gasteiger partial charge < -0.3 is 28.8 Å². The van der Waals surface area contributed by atoms with E-state index in [0.717, 1.165) is 0 Å². The highest BCUT2D eigenvalue weighted by molar-refractivity contribution is 6.09. The Morgan fingerprint density at radius 3 is 2.00 bits per heavy atom. The Balaban J connectivity index is 1.36. The number of allylic oxidation sites excluding steroid dienone is 4. The van der Waals surface area contributed by atoms with E-state index in [0.29, 0.717) is 27.9 Å². The molecule has 12 atom stereocenters. The van der Waals surface area contributed by atoms with Crippen molar-refractivity contribution in [1.82, 2.24) is 0 Å². The Bertz CT molecular complexity index is 1900. The molecule has 0 spiro atoms. The van der Waals surface area contributed by atoms with Crippen LogP contribution in [-0.2, 0) is 52.5 Å². The summed E-state index contributed by atoms with van der Waals surface area (Å²) in [6.07, 6.45) is 1.16. The van der Waals surface area contributed by atoms with Crippen LogP contribution in [0.1, 0.15) is 68.2 Å². The molecule has 1 N–H and O–H groups in total. The van der Waals surface area contributed by atoms with E-state index in [2.05, 4.69) is 0 Å². The Kier molecular flexibility index (Phi) is 8.63. The summed E-state index contributed by atoms with van der Waals surface area (Å²) in [6, 6.07) is 0. The maximum atomic E-state index is 13.9. The summed E-state index contributed by atoms with van der Waals surface area (Å²) in [5.41, 5.74) is 1.33. The van der Waals surface area contributed by atoms with Gasteiger partial charge >= 0.3 is 29.8 Å². The summed E-state index contributed by atoms with van der Waals surface area (Å²) in [7, 11) is 0. The van der Waals surface area contributed by atoms with Gasteiger partial charge in [-0.1, -0.05) is 38.5 Å². The minimum absolute atomic E-state index is 0.0222. The Labute approximate surface area is 301 Å². The van der Waals surface area contributed by atoms with E-state index in [1.165, 1.54) is 6.08 Å². The van der Waals surface area contributed by atoms with Gasteiger partial charge in [-0.05, 0) is 52.3 Å². The monoisotopic (exact) mass is 716 g/mol. The van der Waals surface area contributed by atoms with Crippen molar-refractivity contribution in [3.8, 4) is 0 Å². The van der Waals surface area contributed by atoms with Gasteiger partial charge in [0, 0.05) is 69.8 Å². The predicted molar refractivity (Wildman–Crippen MR) is 181 cm³/mol. The maximum absolute atomic E-state index is 13.9.